The summed E-state index contributed by atoms with van der Waals surface area (Å²) in [6.07, 6.45) is 7.33. The van der Waals surface area contributed by atoms with Crippen LogP contribution in [-0.4, -0.2) is 49.6 Å². The molecule has 0 aliphatic heterocycles. The van der Waals surface area contributed by atoms with Crippen LogP contribution in [0.25, 0.3) is 0 Å². The quantitative estimate of drug-likeness (QED) is 0.513. The Labute approximate surface area is 193 Å². The summed E-state index contributed by atoms with van der Waals surface area (Å²) in [7, 11) is 0. The third-order valence-electron chi connectivity index (χ3n) is 10.4. The molecule has 4 aliphatic carbocycles. The van der Waals surface area contributed by atoms with Crippen LogP contribution in [0.5, 0.6) is 0 Å². The van der Waals surface area contributed by atoms with Gasteiger partial charge in [0.1, 0.15) is 0 Å². The second-order valence-corrected chi connectivity index (χ2v) is 12.8. The first kappa shape index (κ1) is 24.4. The number of allylic oxidation sites excluding steroid dienone is 1. The highest BCUT2D eigenvalue weighted by Crippen LogP contribution is 2.68. The SMILES string of the molecule is C[C@H]([C@H](O)CCC(C)(C)O)[C@@H]1CC[C@@]2(O)C3=CC(=O)[C@@H]4C[C@H](O)CC[C@]4(C)[C@H]3CC[C@]12C. The van der Waals surface area contributed by atoms with Crippen molar-refractivity contribution in [1.29, 1.82) is 0 Å². The maximum absolute atomic E-state index is 13.2. The fourth-order valence-corrected chi connectivity index (χ4v) is 8.23. The van der Waals surface area contributed by atoms with Crippen LogP contribution in [0, 0.1) is 34.5 Å². The first-order valence-electron chi connectivity index (χ1n) is 12.8. The molecule has 0 aromatic carbocycles. The maximum atomic E-state index is 13.2. The Morgan fingerprint density at radius 2 is 1.81 bits per heavy atom. The van der Waals surface area contributed by atoms with Crippen molar-refractivity contribution >= 4 is 5.78 Å². The number of aliphatic hydroxyl groups excluding tert-OH is 2. The second kappa shape index (κ2) is 7.90. The number of aliphatic hydroxyl groups is 4. The molecule has 4 aliphatic rings. The predicted octanol–water partition coefficient (Wildman–Crippen LogP) is 3.77. The molecule has 0 saturated heterocycles. The summed E-state index contributed by atoms with van der Waals surface area (Å²) in [5, 5.41) is 43.4. The molecule has 3 fully saturated rings. The molecular formula is C27H44O5. The lowest BCUT2D eigenvalue weighted by Gasteiger charge is -2.59. The van der Waals surface area contributed by atoms with E-state index in [-0.39, 0.29) is 40.3 Å². The van der Waals surface area contributed by atoms with Gasteiger partial charge in [-0.2, -0.15) is 0 Å². The lowest BCUT2D eigenvalue weighted by molar-refractivity contribution is -0.142. The van der Waals surface area contributed by atoms with Gasteiger partial charge in [0.15, 0.2) is 5.78 Å². The molecule has 5 heteroatoms. The summed E-state index contributed by atoms with van der Waals surface area (Å²) in [6.45, 7) is 10.0. The topological polar surface area (TPSA) is 98.0 Å². The lowest BCUT2D eigenvalue weighted by Crippen LogP contribution is -2.59. The molecule has 32 heavy (non-hydrogen) atoms. The zero-order chi connectivity index (χ0) is 23.7. The molecule has 0 radical (unpaired) electrons. The van der Waals surface area contributed by atoms with Crippen molar-refractivity contribution in [2.75, 3.05) is 0 Å². The molecule has 0 aromatic rings. The molecule has 0 bridgehead atoms. The van der Waals surface area contributed by atoms with Crippen molar-refractivity contribution in [3.8, 4) is 0 Å². The molecule has 0 aromatic heterocycles. The highest BCUT2D eigenvalue weighted by atomic mass is 16.3. The van der Waals surface area contributed by atoms with E-state index in [1.807, 2.05) is 0 Å². The Hall–Kier alpha value is -0.750. The summed E-state index contributed by atoms with van der Waals surface area (Å²) in [5.41, 5.74) is -1.43. The molecular weight excluding hydrogens is 404 g/mol. The first-order valence-corrected chi connectivity index (χ1v) is 12.8. The van der Waals surface area contributed by atoms with Gasteiger partial charge < -0.3 is 20.4 Å². The number of hydrogen-bond acceptors (Lipinski definition) is 5. The Morgan fingerprint density at radius 1 is 1.12 bits per heavy atom. The van der Waals surface area contributed by atoms with Crippen LogP contribution < -0.4 is 0 Å². The number of carbonyl (C=O) groups is 1. The Morgan fingerprint density at radius 3 is 2.47 bits per heavy atom. The number of carbonyl (C=O) groups excluding carboxylic acids is 1. The third kappa shape index (κ3) is 3.62. The Bertz CT molecular complexity index is 783. The van der Waals surface area contributed by atoms with E-state index in [2.05, 4.69) is 20.8 Å². The largest absolute Gasteiger partial charge is 0.393 e. The molecule has 4 rings (SSSR count). The summed E-state index contributed by atoms with van der Waals surface area (Å²) >= 11 is 0. The molecule has 0 amide bonds. The van der Waals surface area contributed by atoms with E-state index >= 15 is 0 Å². The molecule has 3 saturated carbocycles. The fourth-order valence-electron chi connectivity index (χ4n) is 8.23. The van der Waals surface area contributed by atoms with E-state index in [4.69, 9.17) is 0 Å². The molecule has 182 valence electrons. The minimum Gasteiger partial charge on any atom is -0.393 e. The van der Waals surface area contributed by atoms with Gasteiger partial charge in [-0.3, -0.25) is 4.79 Å². The lowest BCUT2D eigenvalue weighted by atomic mass is 9.46. The zero-order valence-electron chi connectivity index (χ0n) is 20.6. The van der Waals surface area contributed by atoms with Gasteiger partial charge in [0.2, 0.25) is 0 Å². The van der Waals surface area contributed by atoms with Gasteiger partial charge in [0.25, 0.3) is 0 Å². The van der Waals surface area contributed by atoms with Crippen molar-refractivity contribution in [3.05, 3.63) is 11.6 Å². The van der Waals surface area contributed by atoms with Crippen molar-refractivity contribution < 1.29 is 25.2 Å². The molecule has 0 unspecified atom stereocenters. The van der Waals surface area contributed by atoms with Gasteiger partial charge in [0, 0.05) is 11.3 Å². The molecule has 0 spiro atoms. The predicted molar refractivity (Wildman–Crippen MR) is 124 cm³/mol. The number of hydrogen-bond donors (Lipinski definition) is 4. The highest BCUT2D eigenvalue weighted by molar-refractivity contribution is 5.95. The van der Waals surface area contributed by atoms with Crippen LogP contribution in [0.15, 0.2) is 11.6 Å². The van der Waals surface area contributed by atoms with Crippen molar-refractivity contribution in [2.24, 2.45) is 34.5 Å². The minimum absolute atomic E-state index is 0.0148. The average molecular weight is 449 g/mol. The number of ketones is 1. The van der Waals surface area contributed by atoms with Crippen LogP contribution in [0.1, 0.15) is 92.4 Å². The van der Waals surface area contributed by atoms with Gasteiger partial charge in [-0.1, -0.05) is 20.8 Å². The summed E-state index contributed by atoms with van der Waals surface area (Å²) in [4.78, 5) is 13.2. The summed E-state index contributed by atoms with van der Waals surface area (Å²) < 4.78 is 0. The molecule has 5 nitrogen and oxygen atoms in total. The van der Waals surface area contributed by atoms with E-state index in [0.717, 1.165) is 37.7 Å². The van der Waals surface area contributed by atoms with E-state index < -0.39 is 23.4 Å². The second-order valence-electron chi connectivity index (χ2n) is 12.8. The molecule has 4 N–H and O–H groups in total. The maximum Gasteiger partial charge on any atom is 0.159 e. The number of fused-ring (bicyclic) bond motifs is 5. The van der Waals surface area contributed by atoms with Gasteiger partial charge in [0.05, 0.1) is 23.4 Å². The van der Waals surface area contributed by atoms with Crippen LogP contribution in [0.3, 0.4) is 0 Å². The van der Waals surface area contributed by atoms with Crippen LogP contribution in [-0.2, 0) is 4.79 Å². The van der Waals surface area contributed by atoms with E-state index in [1.165, 1.54) is 0 Å². The van der Waals surface area contributed by atoms with Crippen LogP contribution >= 0.6 is 0 Å². The molecule has 0 heterocycles. The smallest absolute Gasteiger partial charge is 0.159 e. The van der Waals surface area contributed by atoms with Gasteiger partial charge in [-0.25, -0.2) is 0 Å². The van der Waals surface area contributed by atoms with Crippen LogP contribution in [0.2, 0.25) is 0 Å². The van der Waals surface area contributed by atoms with Crippen LogP contribution in [0.4, 0.5) is 0 Å². The van der Waals surface area contributed by atoms with Crippen molar-refractivity contribution in [1.82, 2.24) is 0 Å². The summed E-state index contributed by atoms with van der Waals surface area (Å²) in [6, 6.07) is 0. The van der Waals surface area contributed by atoms with E-state index in [9.17, 15) is 25.2 Å². The monoisotopic (exact) mass is 448 g/mol. The van der Waals surface area contributed by atoms with Crippen molar-refractivity contribution in [2.45, 2.75) is 116 Å². The summed E-state index contributed by atoms with van der Waals surface area (Å²) in [5.74, 6) is 0.301. The third-order valence-corrected chi connectivity index (χ3v) is 10.4. The van der Waals surface area contributed by atoms with Gasteiger partial charge >= 0.3 is 0 Å². The standard InChI is InChI=1S/C27H44O5/c1-16(22(29)9-10-24(2,3)31)18-8-13-27(32)20-15-23(30)21-14-17(28)6-11-25(21,4)19(20)7-12-26(18,27)5/h15-19,21-22,28-29,31-32H,6-14H2,1-5H3/t16-,17+,18-,19-,21-,22+,25+,26+,27+/m0/s1. The average Bonchev–Trinajstić information content (AvgIpc) is 2.98. The highest BCUT2D eigenvalue weighted by Gasteiger charge is 2.66. The molecule has 9 atom stereocenters. The Kier molecular flexibility index (Phi) is 6.02. The number of rotatable bonds is 5. The van der Waals surface area contributed by atoms with E-state index in [0.29, 0.717) is 25.7 Å². The first-order chi connectivity index (χ1) is 14.7. The van der Waals surface area contributed by atoms with Crippen molar-refractivity contribution in [3.63, 3.8) is 0 Å². The van der Waals surface area contributed by atoms with E-state index in [1.54, 1.807) is 19.9 Å². The van der Waals surface area contributed by atoms with Gasteiger partial charge in [-0.15, -0.1) is 0 Å². The Balaban J connectivity index is 1.61. The normalized spacial score (nSPS) is 46.0. The zero-order valence-corrected chi connectivity index (χ0v) is 20.6. The van der Waals surface area contributed by atoms with Gasteiger partial charge in [-0.05, 0) is 106 Å². The fraction of sp³-hybridized carbons (Fsp3) is 0.889. The minimum atomic E-state index is -1.01.